The van der Waals surface area contributed by atoms with Crippen molar-refractivity contribution >= 4 is 49.7 Å². The van der Waals surface area contributed by atoms with E-state index in [1.807, 2.05) is 0 Å². The van der Waals surface area contributed by atoms with Gasteiger partial charge in [-0.05, 0) is 44.0 Å². The molecule has 2 aromatic heterocycles. The SMILES string of the molecule is CCOc1cc(C(F)(F)F)sc1C(=O)OC1Cc2cc(S(=O)(=O)N(c3nncs3)C(C)C)c(OC)cc2C1C(N)=O. The molecule has 41 heavy (non-hydrogen) atoms. The van der Waals surface area contributed by atoms with Gasteiger partial charge in [0.05, 0.1) is 13.7 Å². The molecule has 4 rings (SSSR count). The number of amides is 1. The van der Waals surface area contributed by atoms with Gasteiger partial charge in [-0.15, -0.1) is 21.5 Å². The lowest BCUT2D eigenvalue weighted by molar-refractivity contribution is -0.134. The molecule has 0 spiro atoms. The van der Waals surface area contributed by atoms with E-state index in [1.165, 1.54) is 24.8 Å². The van der Waals surface area contributed by atoms with Crippen LogP contribution in [-0.2, 0) is 32.2 Å². The van der Waals surface area contributed by atoms with E-state index < -0.39 is 55.9 Å². The van der Waals surface area contributed by atoms with Crippen LogP contribution in [0.5, 0.6) is 11.5 Å². The Bertz CT molecular complexity index is 1560. The molecule has 0 fully saturated rings. The number of fused-ring (bicyclic) bond motifs is 1. The average Bonchev–Trinajstić information content (AvgIpc) is 3.61. The van der Waals surface area contributed by atoms with Crippen LogP contribution in [-0.4, -0.2) is 56.4 Å². The molecule has 11 nitrogen and oxygen atoms in total. The third-order valence-corrected chi connectivity index (χ3v) is 10.1. The zero-order valence-corrected chi connectivity index (χ0v) is 24.5. The van der Waals surface area contributed by atoms with E-state index in [1.54, 1.807) is 20.8 Å². The molecule has 2 unspecified atom stereocenters. The Hall–Kier alpha value is -3.44. The summed E-state index contributed by atoms with van der Waals surface area (Å²) in [5, 5.41) is 7.73. The number of carbonyl (C=O) groups is 2. The van der Waals surface area contributed by atoms with Gasteiger partial charge in [0.1, 0.15) is 38.8 Å². The Morgan fingerprint density at radius 1 is 1.22 bits per heavy atom. The first kappa shape index (κ1) is 30.5. The van der Waals surface area contributed by atoms with Crippen molar-refractivity contribution in [3.63, 3.8) is 0 Å². The molecule has 0 aliphatic heterocycles. The molecule has 2 N–H and O–H groups in total. The van der Waals surface area contributed by atoms with E-state index in [4.69, 9.17) is 19.9 Å². The maximum absolute atomic E-state index is 13.8. The number of thiophene rings is 1. The number of sulfonamides is 1. The molecule has 2 heterocycles. The monoisotopic (exact) mass is 634 g/mol. The average molecular weight is 635 g/mol. The number of aromatic nitrogens is 2. The second kappa shape index (κ2) is 11.4. The van der Waals surface area contributed by atoms with Crippen molar-refractivity contribution in [1.29, 1.82) is 0 Å². The van der Waals surface area contributed by atoms with Crippen LogP contribution in [0.25, 0.3) is 0 Å². The molecule has 0 saturated heterocycles. The van der Waals surface area contributed by atoms with Crippen molar-refractivity contribution in [1.82, 2.24) is 10.2 Å². The van der Waals surface area contributed by atoms with E-state index in [0.29, 0.717) is 11.6 Å². The van der Waals surface area contributed by atoms with Crippen LogP contribution >= 0.6 is 22.7 Å². The number of nitrogens with two attached hydrogens (primary N) is 1. The molecular weight excluding hydrogens is 609 g/mol. The summed E-state index contributed by atoms with van der Waals surface area (Å²) in [7, 11) is -3.01. The Labute approximate surface area is 241 Å². The number of benzene rings is 1. The Morgan fingerprint density at radius 2 is 1.93 bits per heavy atom. The number of nitrogens with zero attached hydrogens (tertiary/aromatic N) is 3. The number of carbonyl (C=O) groups excluding carboxylic acids is 2. The number of alkyl halides is 3. The highest BCUT2D eigenvalue weighted by Crippen LogP contribution is 2.44. The van der Waals surface area contributed by atoms with Crippen molar-refractivity contribution in [2.75, 3.05) is 18.0 Å². The molecule has 3 aromatic rings. The fourth-order valence-corrected chi connectivity index (χ4v) is 8.08. The van der Waals surface area contributed by atoms with Crippen molar-refractivity contribution in [3.8, 4) is 11.5 Å². The molecule has 2 atom stereocenters. The number of ether oxygens (including phenoxy) is 3. The van der Waals surface area contributed by atoms with Gasteiger partial charge in [-0.3, -0.25) is 4.79 Å². The summed E-state index contributed by atoms with van der Waals surface area (Å²) in [6.07, 6.45) is -6.08. The second-order valence-corrected chi connectivity index (χ2v) is 12.7. The van der Waals surface area contributed by atoms with Gasteiger partial charge in [-0.25, -0.2) is 17.5 Å². The predicted molar refractivity (Wildman–Crippen MR) is 143 cm³/mol. The topological polar surface area (TPSA) is 151 Å². The first-order valence-corrected chi connectivity index (χ1v) is 15.2. The fraction of sp³-hybridized carbons (Fsp3) is 0.417. The first-order valence-electron chi connectivity index (χ1n) is 12.1. The minimum Gasteiger partial charge on any atom is -0.495 e. The van der Waals surface area contributed by atoms with Crippen LogP contribution in [0, 0.1) is 0 Å². The lowest BCUT2D eigenvalue weighted by Crippen LogP contribution is -2.37. The smallest absolute Gasteiger partial charge is 0.425 e. The van der Waals surface area contributed by atoms with Gasteiger partial charge in [0.2, 0.25) is 11.0 Å². The van der Waals surface area contributed by atoms with E-state index >= 15 is 0 Å². The zero-order chi connectivity index (χ0) is 30.3. The van der Waals surface area contributed by atoms with Crippen LogP contribution in [0.4, 0.5) is 18.3 Å². The number of hydrogen-bond acceptors (Lipinski definition) is 11. The summed E-state index contributed by atoms with van der Waals surface area (Å²) in [5.74, 6) is -3.64. The molecule has 1 amide bonds. The molecule has 0 bridgehead atoms. The molecular formula is C24H25F3N4O7S3. The molecule has 222 valence electrons. The summed E-state index contributed by atoms with van der Waals surface area (Å²) in [6, 6.07) is 2.80. The fourth-order valence-electron chi connectivity index (χ4n) is 4.51. The van der Waals surface area contributed by atoms with Gasteiger partial charge in [-0.1, -0.05) is 11.3 Å². The third kappa shape index (κ3) is 5.83. The standard InChI is InChI=1S/C24H25F3N4O7S3/c1-5-37-16-9-18(24(25,26)27)40-20(16)22(33)38-15-6-12-7-17(14(36-4)8-13(12)19(15)21(28)32)41(34,35)31(11(2)3)23-30-29-10-39-23/h7-11,15,19H,5-6H2,1-4H3,(H2,28,32). The van der Waals surface area contributed by atoms with Crippen LogP contribution in [0.1, 0.15) is 52.4 Å². The Morgan fingerprint density at radius 3 is 2.46 bits per heavy atom. The number of rotatable bonds is 10. The van der Waals surface area contributed by atoms with Crippen LogP contribution in [0.15, 0.2) is 28.6 Å². The maximum Gasteiger partial charge on any atom is 0.425 e. The highest BCUT2D eigenvalue weighted by molar-refractivity contribution is 7.93. The van der Waals surface area contributed by atoms with E-state index in [9.17, 15) is 31.2 Å². The molecule has 0 saturated carbocycles. The number of anilines is 1. The highest BCUT2D eigenvalue weighted by atomic mass is 32.2. The zero-order valence-electron chi connectivity index (χ0n) is 22.1. The third-order valence-electron chi connectivity index (χ3n) is 6.12. The van der Waals surface area contributed by atoms with Crippen LogP contribution in [0.2, 0.25) is 0 Å². The Kier molecular flexibility index (Phi) is 8.52. The summed E-state index contributed by atoms with van der Waals surface area (Å²) in [5.41, 5.74) is 7.63. The molecule has 1 aromatic carbocycles. The number of primary amides is 1. The van der Waals surface area contributed by atoms with E-state index in [-0.39, 0.29) is 51.5 Å². The molecule has 1 aliphatic carbocycles. The van der Waals surface area contributed by atoms with Gasteiger partial charge in [0.15, 0.2) is 4.88 Å². The van der Waals surface area contributed by atoms with Crippen molar-refractivity contribution < 1.29 is 45.4 Å². The van der Waals surface area contributed by atoms with Crippen LogP contribution < -0.4 is 19.5 Å². The van der Waals surface area contributed by atoms with Gasteiger partial charge >= 0.3 is 12.1 Å². The summed E-state index contributed by atoms with van der Waals surface area (Å²) in [4.78, 5) is 23.8. The van der Waals surface area contributed by atoms with Gasteiger partial charge < -0.3 is 19.9 Å². The number of esters is 1. The van der Waals surface area contributed by atoms with Gasteiger partial charge in [0.25, 0.3) is 10.0 Å². The van der Waals surface area contributed by atoms with Crippen molar-refractivity contribution in [2.45, 2.75) is 56.3 Å². The number of halogens is 3. The van der Waals surface area contributed by atoms with E-state index in [0.717, 1.165) is 15.6 Å². The van der Waals surface area contributed by atoms with Crippen molar-refractivity contribution in [2.24, 2.45) is 5.73 Å². The number of hydrogen-bond donors (Lipinski definition) is 1. The van der Waals surface area contributed by atoms with Gasteiger partial charge in [0, 0.05) is 18.5 Å². The first-order chi connectivity index (χ1) is 19.2. The number of methoxy groups -OCH3 is 1. The quantitative estimate of drug-likeness (QED) is 0.327. The lowest BCUT2D eigenvalue weighted by atomic mass is 9.99. The summed E-state index contributed by atoms with van der Waals surface area (Å²) < 4.78 is 84.7. The normalized spacial score (nSPS) is 16.9. The summed E-state index contributed by atoms with van der Waals surface area (Å²) in [6.45, 7) is 4.85. The van der Waals surface area contributed by atoms with Crippen LogP contribution in [0.3, 0.4) is 0 Å². The van der Waals surface area contributed by atoms with E-state index in [2.05, 4.69) is 10.2 Å². The van der Waals surface area contributed by atoms with Crippen molar-refractivity contribution in [3.05, 3.63) is 44.6 Å². The lowest BCUT2D eigenvalue weighted by Gasteiger charge is -2.26. The minimum atomic E-state index is -4.72. The maximum atomic E-state index is 13.8. The largest absolute Gasteiger partial charge is 0.495 e. The Balaban J connectivity index is 1.72. The summed E-state index contributed by atoms with van der Waals surface area (Å²) >= 11 is 1.17. The highest BCUT2D eigenvalue weighted by Gasteiger charge is 2.43. The minimum absolute atomic E-state index is 0.00537. The molecule has 1 aliphatic rings. The molecule has 17 heteroatoms. The molecule has 0 radical (unpaired) electrons. The van der Waals surface area contributed by atoms with Gasteiger partial charge in [-0.2, -0.15) is 13.2 Å². The predicted octanol–water partition coefficient (Wildman–Crippen LogP) is 3.98. The second-order valence-electron chi connectivity index (χ2n) is 9.08.